The Morgan fingerprint density at radius 1 is 0.938 bits per heavy atom. The molecule has 1 N–H and O–H groups in total. The lowest BCUT2D eigenvalue weighted by atomic mass is 10.0. The minimum atomic E-state index is -0.287. The minimum absolute atomic E-state index is 0.0236. The van der Waals surface area contributed by atoms with Crippen LogP contribution in [0.1, 0.15) is 71.6 Å². The molecule has 98 valence electrons. The molecule has 0 bridgehead atoms. The molecular weight excluding hydrogens is 200 g/mol. The molecule has 2 unspecified atom stereocenters. The second-order valence-corrected chi connectivity index (χ2v) is 4.77. The van der Waals surface area contributed by atoms with Crippen LogP contribution < -0.4 is 0 Å². The number of aliphatic hydroxyl groups is 1. The maximum atomic E-state index is 9.67. The summed E-state index contributed by atoms with van der Waals surface area (Å²) >= 11 is 0. The highest BCUT2D eigenvalue weighted by Gasteiger charge is 2.11. The summed E-state index contributed by atoms with van der Waals surface area (Å²) in [7, 11) is 1.65. The number of methoxy groups -OCH3 is 1. The van der Waals surface area contributed by atoms with Crippen LogP contribution in [-0.2, 0) is 4.74 Å². The fraction of sp³-hybridized carbons (Fsp3) is 1.00. The van der Waals surface area contributed by atoms with Crippen LogP contribution in [0, 0.1) is 0 Å². The molecule has 2 heteroatoms. The van der Waals surface area contributed by atoms with Gasteiger partial charge in [-0.1, -0.05) is 58.3 Å². The van der Waals surface area contributed by atoms with Crippen molar-refractivity contribution in [1.82, 2.24) is 0 Å². The van der Waals surface area contributed by atoms with Crippen LogP contribution in [0.15, 0.2) is 0 Å². The zero-order valence-electron chi connectivity index (χ0n) is 11.4. The van der Waals surface area contributed by atoms with Gasteiger partial charge in [0, 0.05) is 7.11 Å². The van der Waals surface area contributed by atoms with E-state index >= 15 is 0 Å². The Morgan fingerprint density at radius 3 is 1.94 bits per heavy atom. The van der Waals surface area contributed by atoms with E-state index in [1.165, 1.54) is 44.9 Å². The summed E-state index contributed by atoms with van der Waals surface area (Å²) in [6, 6.07) is 0. The SMILES string of the molecule is CCCCCCCCCCC(O)C(C)OC. The molecule has 0 saturated heterocycles. The number of hydrogen-bond acceptors (Lipinski definition) is 2. The Kier molecular flexibility index (Phi) is 11.3. The molecule has 16 heavy (non-hydrogen) atoms. The topological polar surface area (TPSA) is 29.5 Å². The van der Waals surface area contributed by atoms with Gasteiger partial charge in [-0.05, 0) is 13.3 Å². The average molecular weight is 230 g/mol. The van der Waals surface area contributed by atoms with E-state index in [-0.39, 0.29) is 12.2 Å². The van der Waals surface area contributed by atoms with Crippen molar-refractivity contribution in [2.24, 2.45) is 0 Å². The van der Waals surface area contributed by atoms with Gasteiger partial charge in [0.05, 0.1) is 12.2 Å². The first-order valence-electron chi connectivity index (χ1n) is 6.93. The van der Waals surface area contributed by atoms with Crippen LogP contribution in [0.2, 0.25) is 0 Å². The first-order valence-corrected chi connectivity index (χ1v) is 6.93. The van der Waals surface area contributed by atoms with E-state index in [9.17, 15) is 5.11 Å². The van der Waals surface area contributed by atoms with Crippen molar-refractivity contribution in [3.8, 4) is 0 Å². The lowest BCUT2D eigenvalue weighted by Gasteiger charge is -2.16. The van der Waals surface area contributed by atoms with Gasteiger partial charge in [-0.3, -0.25) is 0 Å². The molecular formula is C14H30O2. The van der Waals surface area contributed by atoms with E-state index in [0.29, 0.717) is 0 Å². The van der Waals surface area contributed by atoms with Crippen molar-refractivity contribution in [1.29, 1.82) is 0 Å². The van der Waals surface area contributed by atoms with Crippen molar-refractivity contribution < 1.29 is 9.84 Å². The van der Waals surface area contributed by atoms with Crippen LogP contribution in [0.5, 0.6) is 0 Å². The molecule has 0 saturated carbocycles. The summed E-state index contributed by atoms with van der Waals surface area (Å²) < 4.78 is 5.08. The molecule has 0 radical (unpaired) electrons. The van der Waals surface area contributed by atoms with E-state index in [2.05, 4.69) is 6.92 Å². The van der Waals surface area contributed by atoms with Gasteiger partial charge in [0.25, 0.3) is 0 Å². The summed E-state index contributed by atoms with van der Waals surface area (Å²) in [5, 5.41) is 9.67. The third kappa shape index (κ3) is 9.17. The van der Waals surface area contributed by atoms with Gasteiger partial charge in [0.2, 0.25) is 0 Å². The standard InChI is InChI=1S/C14H30O2/c1-4-5-6-7-8-9-10-11-12-14(15)13(2)16-3/h13-15H,4-12H2,1-3H3. The van der Waals surface area contributed by atoms with Gasteiger partial charge in [-0.25, -0.2) is 0 Å². The highest BCUT2D eigenvalue weighted by atomic mass is 16.5. The van der Waals surface area contributed by atoms with Gasteiger partial charge in [-0.2, -0.15) is 0 Å². The number of aliphatic hydroxyl groups excluding tert-OH is 1. The summed E-state index contributed by atoms with van der Waals surface area (Å²) in [5.74, 6) is 0. The molecule has 2 nitrogen and oxygen atoms in total. The predicted molar refractivity (Wildman–Crippen MR) is 69.7 cm³/mol. The summed E-state index contributed by atoms with van der Waals surface area (Å²) in [6.45, 7) is 4.17. The molecule has 0 aliphatic rings. The van der Waals surface area contributed by atoms with Gasteiger partial charge in [0.15, 0.2) is 0 Å². The van der Waals surface area contributed by atoms with Gasteiger partial charge in [0.1, 0.15) is 0 Å². The second-order valence-electron chi connectivity index (χ2n) is 4.77. The highest BCUT2D eigenvalue weighted by molar-refractivity contribution is 4.63. The average Bonchev–Trinajstić information content (AvgIpc) is 2.31. The molecule has 0 heterocycles. The maximum Gasteiger partial charge on any atom is 0.0802 e. The lowest BCUT2D eigenvalue weighted by Crippen LogP contribution is -2.24. The van der Waals surface area contributed by atoms with E-state index in [1.807, 2.05) is 6.92 Å². The third-order valence-electron chi connectivity index (χ3n) is 3.27. The Balaban J connectivity index is 3.14. The van der Waals surface area contributed by atoms with Crippen LogP contribution in [0.3, 0.4) is 0 Å². The number of rotatable bonds is 11. The quantitative estimate of drug-likeness (QED) is 0.545. The Bertz CT molecular complexity index is 137. The van der Waals surface area contributed by atoms with E-state index in [4.69, 9.17) is 4.74 Å². The maximum absolute atomic E-state index is 9.67. The molecule has 0 aromatic heterocycles. The molecule has 0 fully saturated rings. The lowest BCUT2D eigenvalue weighted by molar-refractivity contribution is -0.00531. The van der Waals surface area contributed by atoms with Crippen LogP contribution in [-0.4, -0.2) is 24.4 Å². The molecule has 0 amide bonds. The largest absolute Gasteiger partial charge is 0.390 e. The van der Waals surface area contributed by atoms with Crippen molar-refractivity contribution in [2.75, 3.05) is 7.11 Å². The molecule has 0 aliphatic heterocycles. The predicted octanol–water partition coefficient (Wildman–Crippen LogP) is 3.91. The van der Waals surface area contributed by atoms with Crippen LogP contribution >= 0.6 is 0 Å². The Hall–Kier alpha value is -0.0800. The molecule has 0 aromatic rings. The summed E-state index contributed by atoms with van der Waals surface area (Å²) in [5.41, 5.74) is 0. The molecule has 0 aliphatic carbocycles. The number of unbranched alkanes of at least 4 members (excludes halogenated alkanes) is 7. The van der Waals surface area contributed by atoms with Crippen LogP contribution in [0.4, 0.5) is 0 Å². The van der Waals surface area contributed by atoms with E-state index < -0.39 is 0 Å². The van der Waals surface area contributed by atoms with Gasteiger partial charge < -0.3 is 9.84 Å². The number of ether oxygens (including phenoxy) is 1. The zero-order valence-corrected chi connectivity index (χ0v) is 11.4. The monoisotopic (exact) mass is 230 g/mol. The summed E-state index contributed by atoms with van der Waals surface area (Å²) in [4.78, 5) is 0. The van der Waals surface area contributed by atoms with Crippen molar-refractivity contribution in [3.63, 3.8) is 0 Å². The minimum Gasteiger partial charge on any atom is -0.390 e. The first kappa shape index (κ1) is 15.9. The fourth-order valence-corrected chi connectivity index (χ4v) is 1.88. The highest BCUT2D eigenvalue weighted by Crippen LogP contribution is 2.12. The molecule has 2 atom stereocenters. The Labute approximate surface area is 101 Å². The van der Waals surface area contributed by atoms with Gasteiger partial charge >= 0.3 is 0 Å². The second kappa shape index (κ2) is 11.4. The number of hydrogen-bond donors (Lipinski definition) is 1. The normalized spacial score (nSPS) is 15.0. The molecule has 0 spiro atoms. The van der Waals surface area contributed by atoms with E-state index in [1.54, 1.807) is 7.11 Å². The fourth-order valence-electron chi connectivity index (χ4n) is 1.88. The Morgan fingerprint density at radius 2 is 1.44 bits per heavy atom. The van der Waals surface area contributed by atoms with Crippen LogP contribution in [0.25, 0.3) is 0 Å². The van der Waals surface area contributed by atoms with Crippen molar-refractivity contribution >= 4 is 0 Å². The van der Waals surface area contributed by atoms with Gasteiger partial charge in [-0.15, -0.1) is 0 Å². The third-order valence-corrected chi connectivity index (χ3v) is 3.27. The van der Waals surface area contributed by atoms with Crippen molar-refractivity contribution in [3.05, 3.63) is 0 Å². The summed E-state index contributed by atoms with van der Waals surface area (Å²) in [6.07, 6.45) is 11.1. The smallest absolute Gasteiger partial charge is 0.0802 e. The molecule has 0 rings (SSSR count). The molecule has 0 aromatic carbocycles. The van der Waals surface area contributed by atoms with Crippen molar-refractivity contribution in [2.45, 2.75) is 83.8 Å². The van der Waals surface area contributed by atoms with E-state index in [0.717, 1.165) is 12.8 Å². The zero-order chi connectivity index (χ0) is 12.2. The first-order chi connectivity index (χ1) is 7.72.